The Morgan fingerprint density at radius 2 is 1.90 bits per heavy atom. The first-order chi connectivity index (χ1) is 20.0. The molecule has 8 nitrogen and oxygen atoms in total. The standard InChI is InChI=1S/C19H16N6OS.C11H23N.C2H6/c26-11-25-5-3-12(4-6-25)16-8-14-18(20-9-21-19(14)24-16)23-13-1-2-15-17(7-13)27-10-22-15;1-4-8-12(9-5-2)10-11(3)6-7-11;1-2/h1-3,7-11H,4-6H2,(H2,20,21,23,24);4-10H2,1-3H3;1-2H3. The quantitative estimate of drug-likeness (QED) is 0.190. The number of anilines is 2. The van der Waals surface area contributed by atoms with Gasteiger partial charge in [-0.15, -0.1) is 11.3 Å². The van der Waals surface area contributed by atoms with Crippen molar-refractivity contribution in [2.45, 2.75) is 66.7 Å². The van der Waals surface area contributed by atoms with Gasteiger partial charge in [-0.25, -0.2) is 15.0 Å². The lowest BCUT2D eigenvalue weighted by atomic mass is 10.1. The number of fused-ring (bicyclic) bond motifs is 2. The molecule has 1 aromatic carbocycles. The van der Waals surface area contributed by atoms with Crippen molar-refractivity contribution in [1.82, 2.24) is 29.7 Å². The molecule has 6 rings (SSSR count). The van der Waals surface area contributed by atoms with Crippen LogP contribution in [0.4, 0.5) is 11.5 Å². The number of H-pyrrole nitrogens is 1. The number of aromatic nitrogens is 4. The highest BCUT2D eigenvalue weighted by Gasteiger charge is 2.38. The highest BCUT2D eigenvalue weighted by atomic mass is 32.1. The molecular formula is C32H45N7OS. The fourth-order valence-electron chi connectivity index (χ4n) is 5.12. The van der Waals surface area contributed by atoms with E-state index in [0.717, 1.165) is 57.8 Å². The van der Waals surface area contributed by atoms with Crippen molar-refractivity contribution >= 4 is 56.1 Å². The maximum Gasteiger partial charge on any atom is 0.209 e. The highest BCUT2D eigenvalue weighted by molar-refractivity contribution is 7.16. The number of nitrogens with zero attached hydrogens (tertiary/aromatic N) is 5. The molecule has 220 valence electrons. The molecule has 1 aliphatic heterocycles. The Hall–Kier alpha value is -3.30. The average Bonchev–Trinajstić information content (AvgIpc) is 3.36. The second-order valence-electron chi connectivity index (χ2n) is 11.0. The summed E-state index contributed by atoms with van der Waals surface area (Å²) in [7, 11) is 0. The van der Waals surface area contributed by atoms with Gasteiger partial charge in [0.2, 0.25) is 6.41 Å². The second kappa shape index (κ2) is 14.5. The van der Waals surface area contributed by atoms with E-state index in [0.29, 0.717) is 12.0 Å². The lowest BCUT2D eigenvalue weighted by Crippen LogP contribution is -2.30. The van der Waals surface area contributed by atoms with Crippen LogP contribution in [0.1, 0.15) is 72.4 Å². The number of rotatable bonds is 10. The summed E-state index contributed by atoms with van der Waals surface area (Å²) in [6.45, 7) is 16.3. The largest absolute Gasteiger partial charge is 0.341 e. The monoisotopic (exact) mass is 575 g/mol. The van der Waals surface area contributed by atoms with Crippen LogP contribution in [0.3, 0.4) is 0 Å². The SMILES string of the molecule is CC.CCCN(CCC)CC1(C)CC1.O=CN1CC=C(c2cc3c(Nc4ccc5ncsc5c4)ncnc3[nH]2)CC1. The molecule has 0 atom stereocenters. The van der Waals surface area contributed by atoms with Gasteiger partial charge in [-0.3, -0.25) is 4.79 Å². The number of hydrogen-bond donors (Lipinski definition) is 2. The van der Waals surface area contributed by atoms with Crippen molar-refractivity contribution in [3.8, 4) is 0 Å². The lowest BCUT2D eigenvalue weighted by Gasteiger charge is -2.24. The molecule has 0 radical (unpaired) electrons. The number of hydrogen-bond acceptors (Lipinski definition) is 7. The van der Waals surface area contributed by atoms with Crippen molar-refractivity contribution < 1.29 is 4.79 Å². The normalized spacial score (nSPS) is 15.6. The van der Waals surface area contributed by atoms with E-state index in [4.69, 9.17) is 0 Å². The molecule has 9 heteroatoms. The van der Waals surface area contributed by atoms with Gasteiger partial charge in [-0.05, 0) is 80.4 Å². The van der Waals surface area contributed by atoms with Crippen LogP contribution >= 0.6 is 11.3 Å². The Kier molecular flexibility index (Phi) is 10.9. The predicted molar refractivity (Wildman–Crippen MR) is 173 cm³/mol. The second-order valence-corrected chi connectivity index (χ2v) is 11.9. The van der Waals surface area contributed by atoms with Crippen molar-refractivity contribution in [3.63, 3.8) is 0 Å². The lowest BCUT2D eigenvalue weighted by molar-refractivity contribution is -0.117. The Morgan fingerprint density at radius 1 is 1.12 bits per heavy atom. The van der Waals surface area contributed by atoms with E-state index in [1.807, 2.05) is 31.5 Å². The zero-order chi connectivity index (χ0) is 29.2. The molecule has 4 heterocycles. The minimum absolute atomic E-state index is 0.639. The summed E-state index contributed by atoms with van der Waals surface area (Å²) in [4.78, 5) is 31.8. The fraction of sp³-hybridized carbons (Fsp3) is 0.500. The molecule has 4 aromatic rings. The van der Waals surface area contributed by atoms with Gasteiger partial charge >= 0.3 is 0 Å². The number of carbonyl (C=O) groups is 1. The van der Waals surface area contributed by atoms with Gasteiger partial charge in [0.05, 0.1) is 21.1 Å². The van der Waals surface area contributed by atoms with E-state index >= 15 is 0 Å². The van der Waals surface area contributed by atoms with Crippen LogP contribution < -0.4 is 5.32 Å². The average molecular weight is 576 g/mol. The van der Waals surface area contributed by atoms with Crippen LogP contribution in [0.25, 0.3) is 26.8 Å². The molecule has 1 saturated carbocycles. The summed E-state index contributed by atoms with van der Waals surface area (Å²) in [5.41, 5.74) is 7.52. The van der Waals surface area contributed by atoms with E-state index in [2.05, 4.69) is 69.1 Å². The van der Waals surface area contributed by atoms with Gasteiger partial charge < -0.3 is 20.1 Å². The van der Waals surface area contributed by atoms with E-state index < -0.39 is 0 Å². The van der Waals surface area contributed by atoms with E-state index in [1.54, 1.807) is 22.6 Å². The number of thiazole rings is 1. The number of carbonyl (C=O) groups excluding carboxylic acids is 1. The zero-order valence-corrected chi connectivity index (χ0v) is 26.1. The first-order valence-corrected chi connectivity index (χ1v) is 15.9. The van der Waals surface area contributed by atoms with Crippen LogP contribution in [-0.4, -0.2) is 68.9 Å². The summed E-state index contributed by atoms with van der Waals surface area (Å²) in [6, 6.07) is 8.15. The summed E-state index contributed by atoms with van der Waals surface area (Å²) >= 11 is 1.61. The third-order valence-corrected chi connectivity index (χ3v) is 8.34. The minimum atomic E-state index is 0.639. The van der Waals surface area contributed by atoms with Gasteiger partial charge in [0.25, 0.3) is 0 Å². The maximum atomic E-state index is 10.9. The van der Waals surface area contributed by atoms with Gasteiger partial charge in [0.1, 0.15) is 17.8 Å². The van der Waals surface area contributed by atoms with Crippen molar-refractivity contribution in [2.24, 2.45) is 5.41 Å². The molecule has 41 heavy (non-hydrogen) atoms. The first-order valence-electron chi connectivity index (χ1n) is 15.1. The minimum Gasteiger partial charge on any atom is -0.341 e. The Balaban J connectivity index is 0.000000234. The van der Waals surface area contributed by atoms with Gasteiger partial charge in [0, 0.05) is 31.0 Å². The summed E-state index contributed by atoms with van der Waals surface area (Å²) in [6.07, 6.45) is 10.9. The molecule has 2 aliphatic rings. The molecule has 0 bridgehead atoms. The van der Waals surface area contributed by atoms with Crippen LogP contribution in [-0.2, 0) is 4.79 Å². The van der Waals surface area contributed by atoms with Crippen molar-refractivity contribution in [2.75, 3.05) is 38.0 Å². The molecule has 1 fully saturated rings. The molecule has 1 amide bonds. The molecule has 0 saturated heterocycles. The third-order valence-electron chi connectivity index (χ3n) is 7.54. The van der Waals surface area contributed by atoms with Crippen molar-refractivity contribution in [3.05, 3.63) is 47.9 Å². The third kappa shape index (κ3) is 8.14. The number of benzene rings is 1. The molecular weight excluding hydrogens is 530 g/mol. The van der Waals surface area contributed by atoms with E-state index in [9.17, 15) is 4.79 Å². The van der Waals surface area contributed by atoms with Gasteiger partial charge in [-0.1, -0.05) is 40.7 Å². The molecule has 1 aliphatic carbocycles. The molecule has 0 unspecified atom stereocenters. The molecule has 2 N–H and O–H groups in total. The smallest absolute Gasteiger partial charge is 0.209 e. The number of aromatic amines is 1. The summed E-state index contributed by atoms with van der Waals surface area (Å²) in [5.74, 6) is 0.761. The van der Waals surface area contributed by atoms with E-state index in [1.165, 1.54) is 50.9 Å². The number of nitrogens with one attached hydrogen (secondary N) is 2. The first kappa shape index (κ1) is 30.7. The molecule has 0 spiro atoms. The maximum absolute atomic E-state index is 10.9. The zero-order valence-electron chi connectivity index (χ0n) is 25.2. The van der Waals surface area contributed by atoms with Crippen LogP contribution in [0.5, 0.6) is 0 Å². The Morgan fingerprint density at radius 3 is 2.56 bits per heavy atom. The summed E-state index contributed by atoms with van der Waals surface area (Å²) < 4.78 is 1.13. The summed E-state index contributed by atoms with van der Waals surface area (Å²) in [5, 5.41) is 4.34. The highest BCUT2D eigenvalue weighted by Crippen LogP contribution is 2.45. The van der Waals surface area contributed by atoms with Crippen LogP contribution in [0.2, 0.25) is 0 Å². The Bertz CT molecular complexity index is 1430. The number of amides is 1. The van der Waals surface area contributed by atoms with Gasteiger partial charge in [0.15, 0.2) is 0 Å². The Labute approximate surface area is 248 Å². The van der Waals surface area contributed by atoms with Crippen molar-refractivity contribution in [1.29, 1.82) is 0 Å². The molecule has 3 aromatic heterocycles. The van der Waals surface area contributed by atoms with Gasteiger partial charge in [-0.2, -0.15) is 0 Å². The predicted octanol–water partition coefficient (Wildman–Crippen LogP) is 7.49. The van der Waals surface area contributed by atoms with E-state index in [-0.39, 0.29) is 0 Å². The van der Waals surface area contributed by atoms with Crippen LogP contribution in [0, 0.1) is 5.41 Å². The fourth-order valence-corrected chi connectivity index (χ4v) is 5.84. The topological polar surface area (TPSA) is 90.0 Å². The van der Waals surface area contributed by atoms with Crippen LogP contribution in [0.15, 0.2) is 42.2 Å².